The Kier molecular flexibility index (Phi) is 5.31. The number of rotatable bonds is 5. The lowest BCUT2D eigenvalue weighted by atomic mass is 9.88. The van der Waals surface area contributed by atoms with Gasteiger partial charge in [0.2, 0.25) is 0 Å². The third-order valence-electron chi connectivity index (χ3n) is 5.92. The summed E-state index contributed by atoms with van der Waals surface area (Å²) in [6, 6.07) is 13.1. The second-order valence-electron chi connectivity index (χ2n) is 7.97. The molecule has 0 bridgehead atoms. The van der Waals surface area contributed by atoms with Crippen LogP contribution in [0.1, 0.15) is 49.7 Å². The highest BCUT2D eigenvalue weighted by Gasteiger charge is 2.20. The van der Waals surface area contributed by atoms with E-state index in [1.165, 1.54) is 40.6 Å². The van der Waals surface area contributed by atoms with Gasteiger partial charge in [-0.05, 0) is 79.2 Å². The molecule has 4 nitrogen and oxygen atoms in total. The van der Waals surface area contributed by atoms with Gasteiger partial charge in [-0.3, -0.25) is 0 Å². The first-order valence-corrected chi connectivity index (χ1v) is 10.2. The fraction of sp³-hybridized carbons (Fsp3) is 0.417. The van der Waals surface area contributed by atoms with Gasteiger partial charge < -0.3 is 19.8 Å². The molecule has 4 rings (SSSR count). The van der Waals surface area contributed by atoms with Crippen molar-refractivity contribution in [2.24, 2.45) is 0 Å². The smallest absolute Gasteiger partial charge is 0.161 e. The summed E-state index contributed by atoms with van der Waals surface area (Å²) in [5, 5.41) is 4.81. The largest absolute Gasteiger partial charge is 0.493 e. The molecule has 0 aliphatic carbocycles. The minimum absolute atomic E-state index is 0.417. The molecule has 148 valence electrons. The summed E-state index contributed by atoms with van der Waals surface area (Å²) < 4.78 is 10.9. The van der Waals surface area contributed by atoms with Gasteiger partial charge in [-0.2, -0.15) is 0 Å². The van der Waals surface area contributed by atoms with Crippen molar-refractivity contribution >= 4 is 10.9 Å². The molecule has 0 atom stereocenters. The number of benzene rings is 2. The number of hydrogen-bond donors (Lipinski definition) is 2. The average Bonchev–Trinajstić information content (AvgIpc) is 3.12. The molecule has 2 aromatic carbocycles. The van der Waals surface area contributed by atoms with Crippen molar-refractivity contribution in [3.8, 4) is 22.8 Å². The number of piperidine rings is 1. The van der Waals surface area contributed by atoms with Crippen LogP contribution in [0.4, 0.5) is 0 Å². The summed E-state index contributed by atoms with van der Waals surface area (Å²) in [5.41, 5.74) is 6.34. The molecule has 4 heteroatoms. The number of H-pyrrole nitrogens is 1. The maximum Gasteiger partial charge on any atom is 0.161 e. The molecule has 28 heavy (non-hydrogen) atoms. The molecule has 3 aromatic rings. The predicted octanol–water partition coefficient (Wildman–Crippen LogP) is 5.44. The number of fused-ring (bicyclic) bond motifs is 1. The predicted molar refractivity (Wildman–Crippen MR) is 116 cm³/mol. The zero-order chi connectivity index (χ0) is 19.7. The highest BCUT2D eigenvalue weighted by molar-refractivity contribution is 5.92. The molecule has 1 aromatic heterocycles. The van der Waals surface area contributed by atoms with E-state index in [1.54, 1.807) is 14.2 Å². The van der Waals surface area contributed by atoms with Crippen LogP contribution in [-0.4, -0.2) is 32.3 Å². The highest BCUT2D eigenvalue weighted by atomic mass is 16.5. The molecule has 0 spiro atoms. The molecular formula is C24H30N2O2. The SMILES string of the molecule is COc1ccc(-c2[nH]c3ccc(C4CCNCC4)cc3c2C(C)C)cc1OC. The molecule has 0 amide bonds. The first-order valence-electron chi connectivity index (χ1n) is 10.2. The minimum atomic E-state index is 0.417. The lowest BCUT2D eigenvalue weighted by Gasteiger charge is -2.23. The quantitative estimate of drug-likeness (QED) is 0.621. The summed E-state index contributed by atoms with van der Waals surface area (Å²) in [6.45, 7) is 6.77. The van der Waals surface area contributed by atoms with E-state index in [0.717, 1.165) is 30.2 Å². The second-order valence-corrected chi connectivity index (χ2v) is 7.97. The van der Waals surface area contributed by atoms with E-state index in [0.29, 0.717) is 11.8 Å². The summed E-state index contributed by atoms with van der Waals surface area (Å²) >= 11 is 0. The molecular weight excluding hydrogens is 348 g/mol. The van der Waals surface area contributed by atoms with Gasteiger partial charge in [0.05, 0.1) is 19.9 Å². The summed E-state index contributed by atoms with van der Waals surface area (Å²) in [7, 11) is 3.35. The van der Waals surface area contributed by atoms with Crippen molar-refractivity contribution in [2.45, 2.75) is 38.5 Å². The van der Waals surface area contributed by atoms with E-state index in [4.69, 9.17) is 9.47 Å². The van der Waals surface area contributed by atoms with Crippen molar-refractivity contribution in [1.82, 2.24) is 10.3 Å². The topological polar surface area (TPSA) is 46.3 Å². The van der Waals surface area contributed by atoms with Gasteiger partial charge in [-0.15, -0.1) is 0 Å². The van der Waals surface area contributed by atoms with E-state index in [-0.39, 0.29) is 0 Å². The van der Waals surface area contributed by atoms with Crippen LogP contribution in [0.25, 0.3) is 22.2 Å². The van der Waals surface area contributed by atoms with Gasteiger partial charge in [-0.1, -0.05) is 19.9 Å². The fourth-order valence-electron chi connectivity index (χ4n) is 4.46. The Bertz CT molecular complexity index is 968. The van der Waals surface area contributed by atoms with Gasteiger partial charge in [0, 0.05) is 16.5 Å². The lowest BCUT2D eigenvalue weighted by molar-refractivity contribution is 0.355. The Morgan fingerprint density at radius 3 is 2.36 bits per heavy atom. The third kappa shape index (κ3) is 3.37. The van der Waals surface area contributed by atoms with Crippen molar-refractivity contribution < 1.29 is 9.47 Å². The monoisotopic (exact) mass is 378 g/mol. The number of methoxy groups -OCH3 is 2. The molecule has 0 saturated carbocycles. The van der Waals surface area contributed by atoms with E-state index in [9.17, 15) is 0 Å². The average molecular weight is 379 g/mol. The molecule has 2 N–H and O–H groups in total. The van der Waals surface area contributed by atoms with E-state index < -0.39 is 0 Å². The molecule has 1 saturated heterocycles. The van der Waals surface area contributed by atoms with Crippen LogP contribution >= 0.6 is 0 Å². The Morgan fingerprint density at radius 2 is 1.68 bits per heavy atom. The first kappa shape index (κ1) is 18.9. The summed E-state index contributed by atoms with van der Waals surface area (Å²) in [5.74, 6) is 2.58. The van der Waals surface area contributed by atoms with Crippen LogP contribution in [0.15, 0.2) is 36.4 Å². The van der Waals surface area contributed by atoms with Crippen molar-refractivity contribution in [1.29, 1.82) is 0 Å². The fourth-order valence-corrected chi connectivity index (χ4v) is 4.46. The zero-order valence-electron chi connectivity index (χ0n) is 17.3. The Balaban J connectivity index is 1.83. The zero-order valence-corrected chi connectivity index (χ0v) is 17.3. The van der Waals surface area contributed by atoms with E-state index in [2.05, 4.69) is 54.5 Å². The number of nitrogens with one attached hydrogen (secondary N) is 2. The molecule has 0 unspecified atom stereocenters. The lowest BCUT2D eigenvalue weighted by Crippen LogP contribution is -2.26. The Morgan fingerprint density at radius 1 is 0.929 bits per heavy atom. The van der Waals surface area contributed by atoms with E-state index in [1.807, 2.05) is 6.07 Å². The van der Waals surface area contributed by atoms with Crippen LogP contribution in [0.2, 0.25) is 0 Å². The maximum atomic E-state index is 5.53. The Hall–Kier alpha value is -2.46. The molecule has 0 radical (unpaired) electrons. The van der Waals surface area contributed by atoms with Crippen LogP contribution in [0.5, 0.6) is 11.5 Å². The van der Waals surface area contributed by atoms with Crippen LogP contribution in [-0.2, 0) is 0 Å². The molecule has 1 fully saturated rings. The van der Waals surface area contributed by atoms with Gasteiger partial charge in [0.25, 0.3) is 0 Å². The van der Waals surface area contributed by atoms with Crippen LogP contribution in [0.3, 0.4) is 0 Å². The second kappa shape index (κ2) is 7.88. The van der Waals surface area contributed by atoms with Gasteiger partial charge in [0.1, 0.15) is 0 Å². The van der Waals surface area contributed by atoms with Crippen molar-refractivity contribution in [3.05, 3.63) is 47.5 Å². The van der Waals surface area contributed by atoms with Crippen molar-refractivity contribution in [2.75, 3.05) is 27.3 Å². The summed E-state index contributed by atoms with van der Waals surface area (Å²) in [4.78, 5) is 3.67. The van der Waals surface area contributed by atoms with Gasteiger partial charge in [0.15, 0.2) is 11.5 Å². The number of ether oxygens (including phenoxy) is 2. The number of aromatic nitrogens is 1. The highest BCUT2D eigenvalue weighted by Crippen LogP contribution is 2.40. The van der Waals surface area contributed by atoms with Crippen LogP contribution in [0, 0.1) is 0 Å². The standard InChI is InChI=1S/C24H30N2O2/c1-15(2)23-19-13-17(16-9-11-25-12-10-16)5-7-20(19)26-24(23)18-6-8-21(27-3)22(14-18)28-4/h5-8,13-16,25-26H,9-12H2,1-4H3. The molecule has 2 heterocycles. The summed E-state index contributed by atoms with van der Waals surface area (Å²) in [6.07, 6.45) is 2.44. The van der Waals surface area contributed by atoms with Crippen LogP contribution < -0.4 is 14.8 Å². The van der Waals surface area contributed by atoms with Crippen molar-refractivity contribution in [3.63, 3.8) is 0 Å². The normalized spacial score (nSPS) is 15.3. The maximum absolute atomic E-state index is 5.53. The van der Waals surface area contributed by atoms with E-state index >= 15 is 0 Å². The number of aromatic amines is 1. The van der Waals surface area contributed by atoms with Gasteiger partial charge >= 0.3 is 0 Å². The number of hydrogen-bond acceptors (Lipinski definition) is 3. The third-order valence-corrected chi connectivity index (χ3v) is 5.92. The molecule has 1 aliphatic heterocycles. The minimum Gasteiger partial charge on any atom is -0.493 e. The Labute approximate surface area is 167 Å². The molecule has 1 aliphatic rings. The van der Waals surface area contributed by atoms with Gasteiger partial charge in [-0.25, -0.2) is 0 Å². The first-order chi connectivity index (χ1) is 13.6.